The number of thiophene rings is 1. The molecule has 1 aromatic carbocycles. The summed E-state index contributed by atoms with van der Waals surface area (Å²) < 4.78 is 40.8. The van der Waals surface area contributed by atoms with E-state index >= 15 is 0 Å². The molecule has 1 aliphatic rings. The fourth-order valence-electron chi connectivity index (χ4n) is 3.11. The Morgan fingerprint density at radius 3 is 2.76 bits per heavy atom. The van der Waals surface area contributed by atoms with Crippen molar-refractivity contribution in [3.8, 4) is 16.3 Å². The van der Waals surface area contributed by atoms with Crippen LogP contribution in [-0.4, -0.2) is 16.3 Å². The topological polar surface area (TPSA) is 29.9 Å². The SMILES string of the molecule is FC(F)(F)c1cccc(-n2nc(-c3cccs3)c3c2NCCCC3)c1. The van der Waals surface area contributed by atoms with Gasteiger partial charge in [-0.05, 0) is 48.9 Å². The molecule has 7 heteroatoms. The number of rotatable bonds is 2. The molecule has 25 heavy (non-hydrogen) atoms. The van der Waals surface area contributed by atoms with Crippen LogP contribution in [0, 0.1) is 0 Å². The molecule has 3 heterocycles. The van der Waals surface area contributed by atoms with E-state index in [9.17, 15) is 13.2 Å². The van der Waals surface area contributed by atoms with Crippen molar-refractivity contribution in [1.82, 2.24) is 9.78 Å². The molecule has 2 aromatic heterocycles. The molecule has 4 rings (SSSR count). The van der Waals surface area contributed by atoms with E-state index < -0.39 is 11.7 Å². The van der Waals surface area contributed by atoms with Gasteiger partial charge in [0.25, 0.3) is 0 Å². The number of anilines is 1. The molecule has 0 amide bonds. The Hall–Kier alpha value is -2.28. The minimum absolute atomic E-state index is 0.420. The number of alkyl halides is 3. The summed E-state index contributed by atoms with van der Waals surface area (Å²) in [5.41, 5.74) is 1.69. The van der Waals surface area contributed by atoms with Gasteiger partial charge in [0.2, 0.25) is 0 Å². The van der Waals surface area contributed by atoms with Gasteiger partial charge in [0, 0.05) is 12.1 Å². The maximum atomic E-state index is 13.1. The lowest BCUT2D eigenvalue weighted by atomic mass is 10.1. The molecule has 1 N–H and O–H groups in total. The van der Waals surface area contributed by atoms with Crippen LogP contribution in [-0.2, 0) is 12.6 Å². The predicted molar refractivity (Wildman–Crippen MR) is 93.3 cm³/mol. The molecule has 0 atom stereocenters. The molecular weight excluding hydrogens is 347 g/mol. The molecule has 0 saturated heterocycles. The molecule has 0 aliphatic carbocycles. The quantitative estimate of drug-likeness (QED) is 0.663. The van der Waals surface area contributed by atoms with Crippen molar-refractivity contribution in [3.63, 3.8) is 0 Å². The Bertz CT molecular complexity index is 882. The van der Waals surface area contributed by atoms with Gasteiger partial charge in [-0.15, -0.1) is 11.3 Å². The number of nitrogens with zero attached hydrogens (tertiary/aromatic N) is 2. The first-order chi connectivity index (χ1) is 12.0. The Balaban J connectivity index is 1.88. The largest absolute Gasteiger partial charge is 0.416 e. The fraction of sp³-hybridized carbons (Fsp3) is 0.278. The number of hydrogen-bond donors (Lipinski definition) is 1. The Kier molecular flexibility index (Phi) is 4.03. The van der Waals surface area contributed by atoms with Crippen LogP contribution in [0.25, 0.3) is 16.3 Å². The smallest absolute Gasteiger partial charge is 0.370 e. The molecule has 0 fully saturated rings. The van der Waals surface area contributed by atoms with Crippen molar-refractivity contribution in [2.24, 2.45) is 0 Å². The van der Waals surface area contributed by atoms with Crippen LogP contribution in [0.4, 0.5) is 19.0 Å². The van der Waals surface area contributed by atoms with Crippen LogP contribution in [0.3, 0.4) is 0 Å². The van der Waals surface area contributed by atoms with Crippen molar-refractivity contribution >= 4 is 17.2 Å². The van der Waals surface area contributed by atoms with E-state index in [0.717, 1.165) is 59.9 Å². The number of hydrogen-bond acceptors (Lipinski definition) is 3. The normalized spacial score (nSPS) is 14.7. The zero-order chi connectivity index (χ0) is 17.4. The maximum Gasteiger partial charge on any atom is 0.416 e. The van der Waals surface area contributed by atoms with Gasteiger partial charge in [-0.2, -0.15) is 18.3 Å². The second kappa shape index (κ2) is 6.22. The van der Waals surface area contributed by atoms with E-state index in [4.69, 9.17) is 0 Å². The average molecular weight is 363 g/mol. The van der Waals surface area contributed by atoms with Gasteiger partial charge in [-0.3, -0.25) is 0 Å². The van der Waals surface area contributed by atoms with Gasteiger partial charge in [0.1, 0.15) is 11.5 Å². The second-order valence-corrected chi connectivity index (χ2v) is 6.94. The van der Waals surface area contributed by atoms with Crippen LogP contribution in [0.5, 0.6) is 0 Å². The molecule has 3 aromatic rings. The molecular formula is C18H16F3N3S. The molecule has 0 bridgehead atoms. The summed E-state index contributed by atoms with van der Waals surface area (Å²) in [5.74, 6) is 0.806. The fourth-order valence-corrected chi connectivity index (χ4v) is 3.85. The Morgan fingerprint density at radius 1 is 1.12 bits per heavy atom. The lowest BCUT2D eigenvalue weighted by Gasteiger charge is -2.12. The van der Waals surface area contributed by atoms with Gasteiger partial charge in [-0.1, -0.05) is 12.1 Å². The zero-order valence-corrected chi connectivity index (χ0v) is 14.1. The molecule has 0 unspecified atom stereocenters. The highest BCUT2D eigenvalue weighted by Crippen LogP contribution is 2.37. The van der Waals surface area contributed by atoms with Crippen molar-refractivity contribution < 1.29 is 13.2 Å². The lowest BCUT2D eigenvalue weighted by molar-refractivity contribution is -0.137. The Labute approximate surface area is 147 Å². The summed E-state index contributed by atoms with van der Waals surface area (Å²) in [5, 5.41) is 10.0. The predicted octanol–water partition coefficient (Wildman–Crippen LogP) is 5.37. The van der Waals surface area contributed by atoms with Gasteiger partial charge in [0.05, 0.1) is 16.1 Å². The summed E-state index contributed by atoms with van der Waals surface area (Å²) in [7, 11) is 0. The first kappa shape index (κ1) is 16.2. The maximum absolute atomic E-state index is 13.1. The van der Waals surface area contributed by atoms with E-state index in [2.05, 4.69) is 10.4 Å². The van der Waals surface area contributed by atoms with E-state index in [1.807, 2.05) is 17.5 Å². The number of halogens is 3. The molecule has 0 saturated carbocycles. The minimum Gasteiger partial charge on any atom is -0.370 e. The summed E-state index contributed by atoms with van der Waals surface area (Å²) in [6.07, 6.45) is -1.44. The standard InChI is InChI=1S/C18H16F3N3S/c19-18(20,21)12-5-3-6-13(11-12)24-17-14(7-1-2-9-22-17)16(23-24)15-8-4-10-25-15/h3-6,8,10-11,22H,1-2,7,9H2. The van der Waals surface area contributed by atoms with Crippen molar-refractivity contribution in [2.75, 3.05) is 11.9 Å². The van der Waals surface area contributed by atoms with E-state index in [1.165, 1.54) is 6.07 Å². The molecule has 130 valence electrons. The van der Waals surface area contributed by atoms with E-state index in [0.29, 0.717) is 5.69 Å². The first-order valence-electron chi connectivity index (χ1n) is 8.11. The highest BCUT2D eigenvalue weighted by Gasteiger charge is 2.31. The number of benzene rings is 1. The summed E-state index contributed by atoms with van der Waals surface area (Å²) in [6.45, 7) is 0.793. The number of aromatic nitrogens is 2. The molecule has 0 radical (unpaired) electrons. The molecule has 0 spiro atoms. The number of nitrogens with one attached hydrogen (secondary N) is 1. The van der Waals surface area contributed by atoms with E-state index in [1.54, 1.807) is 22.1 Å². The van der Waals surface area contributed by atoms with Gasteiger partial charge in [-0.25, -0.2) is 4.68 Å². The van der Waals surface area contributed by atoms with E-state index in [-0.39, 0.29) is 0 Å². The highest BCUT2D eigenvalue weighted by atomic mass is 32.1. The molecule has 1 aliphatic heterocycles. The van der Waals surface area contributed by atoms with Crippen molar-refractivity contribution in [3.05, 3.63) is 52.9 Å². The summed E-state index contributed by atoms with van der Waals surface area (Å²) in [4.78, 5) is 1.03. The minimum atomic E-state index is -4.37. The van der Waals surface area contributed by atoms with Crippen molar-refractivity contribution in [2.45, 2.75) is 25.4 Å². The third-order valence-corrected chi connectivity index (χ3v) is 5.18. The second-order valence-electron chi connectivity index (χ2n) is 6.00. The lowest BCUT2D eigenvalue weighted by Crippen LogP contribution is -2.09. The third-order valence-electron chi connectivity index (χ3n) is 4.30. The van der Waals surface area contributed by atoms with Crippen LogP contribution in [0.1, 0.15) is 24.0 Å². The summed E-state index contributed by atoms with van der Waals surface area (Å²) >= 11 is 1.59. The van der Waals surface area contributed by atoms with Gasteiger partial charge < -0.3 is 5.32 Å². The van der Waals surface area contributed by atoms with Crippen LogP contribution < -0.4 is 5.32 Å². The molecule has 3 nitrogen and oxygen atoms in total. The monoisotopic (exact) mass is 363 g/mol. The van der Waals surface area contributed by atoms with Gasteiger partial charge in [0.15, 0.2) is 0 Å². The third kappa shape index (κ3) is 3.04. The van der Waals surface area contributed by atoms with Crippen LogP contribution in [0.15, 0.2) is 41.8 Å². The Morgan fingerprint density at radius 2 is 2.00 bits per heavy atom. The van der Waals surface area contributed by atoms with Crippen molar-refractivity contribution in [1.29, 1.82) is 0 Å². The number of fused-ring (bicyclic) bond motifs is 1. The van der Waals surface area contributed by atoms with Gasteiger partial charge >= 0.3 is 6.18 Å². The first-order valence-corrected chi connectivity index (χ1v) is 8.99. The van der Waals surface area contributed by atoms with Crippen LogP contribution in [0.2, 0.25) is 0 Å². The summed E-state index contributed by atoms with van der Waals surface area (Å²) in [6, 6.07) is 9.27. The average Bonchev–Trinajstić information content (AvgIpc) is 3.16. The zero-order valence-electron chi connectivity index (χ0n) is 13.3. The van der Waals surface area contributed by atoms with Crippen LogP contribution >= 0.6 is 11.3 Å². The highest BCUT2D eigenvalue weighted by molar-refractivity contribution is 7.13.